The minimum Gasteiger partial charge on any atom is -0.361 e. The minimum atomic E-state index is 0. The molecular weight excluding hydrogens is 503 g/mol. The van der Waals surface area contributed by atoms with E-state index in [1.807, 2.05) is 6.07 Å². The Labute approximate surface area is 201 Å². The third kappa shape index (κ3) is 6.09. The number of nitrogens with one attached hydrogen (secondary N) is 2. The van der Waals surface area contributed by atoms with Gasteiger partial charge >= 0.3 is 0 Å². The van der Waals surface area contributed by atoms with Crippen LogP contribution in [0.25, 0.3) is 0 Å². The van der Waals surface area contributed by atoms with Crippen molar-refractivity contribution in [1.82, 2.24) is 25.6 Å². The number of hydrogen-bond donors (Lipinski definition) is 2. The van der Waals surface area contributed by atoms with E-state index in [1.54, 1.807) is 7.05 Å². The largest absolute Gasteiger partial charge is 0.361 e. The van der Waals surface area contributed by atoms with Crippen molar-refractivity contribution in [2.24, 2.45) is 4.99 Å². The Morgan fingerprint density at radius 2 is 1.71 bits per heavy atom. The molecule has 0 aliphatic heterocycles. The van der Waals surface area contributed by atoms with Crippen molar-refractivity contribution >= 4 is 29.9 Å². The molecule has 2 aromatic heterocycles. The Bertz CT molecular complexity index is 972. The Balaban J connectivity index is 0.00000341. The maximum Gasteiger partial charge on any atom is 0.191 e. The van der Waals surface area contributed by atoms with Crippen molar-refractivity contribution < 1.29 is 4.52 Å². The number of nitrogens with zero attached hydrogens (tertiary/aromatic N) is 4. The van der Waals surface area contributed by atoms with Crippen LogP contribution in [0.4, 0.5) is 0 Å². The maximum absolute atomic E-state index is 5.45. The molecule has 0 bridgehead atoms. The lowest BCUT2D eigenvalue weighted by Gasteiger charge is -2.13. The first kappa shape index (κ1) is 24.9. The van der Waals surface area contributed by atoms with Crippen LogP contribution in [-0.2, 0) is 32.5 Å². The molecule has 0 radical (unpaired) electrons. The number of aryl methyl sites for hydroxylation is 3. The van der Waals surface area contributed by atoms with E-state index >= 15 is 0 Å². The molecule has 0 aliphatic rings. The molecule has 0 saturated carbocycles. The van der Waals surface area contributed by atoms with E-state index in [0.29, 0.717) is 13.1 Å². The summed E-state index contributed by atoms with van der Waals surface area (Å²) in [6.07, 6.45) is 1.68. The number of aliphatic imine (C=N–C) groups is 1. The predicted octanol–water partition coefficient (Wildman–Crippen LogP) is 4.14. The Morgan fingerprint density at radius 1 is 1.03 bits per heavy atom. The topological polar surface area (TPSA) is 80.3 Å². The number of halogens is 1. The summed E-state index contributed by atoms with van der Waals surface area (Å²) in [5.41, 5.74) is 6.77. The number of hydrogen-bond acceptors (Lipinski definition) is 4. The number of rotatable bonds is 8. The van der Waals surface area contributed by atoms with Gasteiger partial charge in [-0.2, -0.15) is 5.10 Å². The molecule has 2 heterocycles. The van der Waals surface area contributed by atoms with Crippen LogP contribution in [0.15, 0.2) is 39.8 Å². The van der Waals surface area contributed by atoms with Crippen molar-refractivity contribution in [3.8, 4) is 0 Å². The van der Waals surface area contributed by atoms with Gasteiger partial charge in [0.2, 0.25) is 0 Å². The number of aromatic nitrogens is 3. The van der Waals surface area contributed by atoms with Crippen molar-refractivity contribution in [3.05, 3.63) is 69.9 Å². The molecule has 1 aromatic carbocycles. The van der Waals surface area contributed by atoms with Crippen molar-refractivity contribution in [1.29, 1.82) is 0 Å². The van der Waals surface area contributed by atoms with Crippen LogP contribution >= 0.6 is 24.0 Å². The fourth-order valence-electron chi connectivity index (χ4n) is 3.60. The Kier molecular flexibility index (Phi) is 9.54. The molecule has 0 atom stereocenters. The van der Waals surface area contributed by atoms with Gasteiger partial charge in [-0.15, -0.1) is 24.0 Å². The van der Waals surface area contributed by atoms with Gasteiger partial charge in [0.15, 0.2) is 5.96 Å². The lowest BCUT2D eigenvalue weighted by Crippen LogP contribution is -2.36. The third-order valence-electron chi connectivity index (χ3n) is 5.40. The Hall–Kier alpha value is -2.36. The summed E-state index contributed by atoms with van der Waals surface area (Å²) in [7, 11) is 1.78. The average molecular weight is 536 g/mol. The molecule has 0 unspecified atom stereocenters. The van der Waals surface area contributed by atoms with Crippen molar-refractivity contribution in [2.75, 3.05) is 7.05 Å². The van der Waals surface area contributed by atoms with Crippen LogP contribution in [0.5, 0.6) is 0 Å². The van der Waals surface area contributed by atoms with Crippen molar-refractivity contribution in [3.63, 3.8) is 0 Å². The van der Waals surface area contributed by atoms with Gasteiger partial charge in [-0.1, -0.05) is 49.3 Å². The summed E-state index contributed by atoms with van der Waals surface area (Å²) in [6, 6.07) is 10.4. The second-order valence-electron chi connectivity index (χ2n) is 7.31. The first-order chi connectivity index (χ1) is 14.6. The summed E-state index contributed by atoms with van der Waals surface area (Å²) < 4.78 is 7.52. The molecular formula is C23H33IN6O. The van der Waals surface area contributed by atoms with Gasteiger partial charge in [0.05, 0.1) is 17.9 Å². The zero-order chi connectivity index (χ0) is 21.5. The monoisotopic (exact) mass is 536 g/mol. The predicted molar refractivity (Wildman–Crippen MR) is 135 cm³/mol. The minimum absolute atomic E-state index is 0. The maximum atomic E-state index is 5.45. The van der Waals surface area contributed by atoms with Crippen molar-refractivity contribution in [2.45, 2.75) is 60.2 Å². The lowest BCUT2D eigenvalue weighted by molar-refractivity contribution is 0.380. The van der Waals surface area contributed by atoms with Crippen LogP contribution in [-0.4, -0.2) is 27.9 Å². The van der Waals surface area contributed by atoms with E-state index in [1.165, 1.54) is 16.8 Å². The molecule has 0 fully saturated rings. The third-order valence-corrected chi connectivity index (χ3v) is 5.40. The molecule has 3 rings (SSSR count). The average Bonchev–Trinajstić information content (AvgIpc) is 3.29. The van der Waals surface area contributed by atoms with E-state index in [2.05, 4.69) is 77.4 Å². The fraction of sp³-hybridized carbons (Fsp3) is 0.435. The summed E-state index contributed by atoms with van der Waals surface area (Å²) in [6.45, 7) is 10.4. The Morgan fingerprint density at radius 3 is 2.32 bits per heavy atom. The standard InChI is InChI=1S/C23H32N6O.HI/c1-6-21-20(22(7-2)30-28-21)14-26-23(24-5)25-13-19-16(3)27-29(17(19)4)15-18-11-9-8-10-12-18;/h8-12H,6-7,13-15H2,1-5H3,(H2,24,25,26);1H. The van der Waals surface area contributed by atoms with Gasteiger partial charge in [0.1, 0.15) is 5.76 Å². The highest BCUT2D eigenvalue weighted by Gasteiger charge is 2.15. The van der Waals surface area contributed by atoms with Gasteiger partial charge < -0.3 is 15.2 Å². The highest BCUT2D eigenvalue weighted by atomic mass is 127. The molecule has 168 valence electrons. The molecule has 0 spiro atoms. The van der Waals surface area contributed by atoms with Gasteiger partial charge in [0.25, 0.3) is 0 Å². The quantitative estimate of drug-likeness (QED) is 0.257. The smallest absolute Gasteiger partial charge is 0.191 e. The van der Waals surface area contributed by atoms with Gasteiger partial charge in [0, 0.05) is 43.4 Å². The molecule has 8 heteroatoms. The molecule has 31 heavy (non-hydrogen) atoms. The molecule has 2 N–H and O–H groups in total. The first-order valence-corrected chi connectivity index (χ1v) is 10.5. The van der Waals surface area contributed by atoms with E-state index in [9.17, 15) is 0 Å². The van der Waals surface area contributed by atoms with Crippen LogP contribution < -0.4 is 10.6 Å². The second kappa shape index (κ2) is 11.9. The van der Waals surface area contributed by atoms with Crippen LogP contribution in [0.1, 0.15) is 53.4 Å². The summed E-state index contributed by atoms with van der Waals surface area (Å²) in [5, 5.41) is 15.7. The van der Waals surface area contributed by atoms with E-state index in [0.717, 1.165) is 48.1 Å². The summed E-state index contributed by atoms with van der Waals surface area (Å²) >= 11 is 0. The van der Waals surface area contributed by atoms with E-state index in [-0.39, 0.29) is 24.0 Å². The molecule has 0 aliphatic carbocycles. The molecule has 7 nitrogen and oxygen atoms in total. The number of benzene rings is 1. The first-order valence-electron chi connectivity index (χ1n) is 10.5. The van der Waals surface area contributed by atoms with Gasteiger partial charge in [-0.05, 0) is 25.8 Å². The van der Waals surface area contributed by atoms with Gasteiger partial charge in [-0.25, -0.2) is 0 Å². The molecule has 3 aromatic rings. The fourth-order valence-corrected chi connectivity index (χ4v) is 3.60. The zero-order valence-electron chi connectivity index (χ0n) is 19.0. The highest BCUT2D eigenvalue weighted by Crippen LogP contribution is 2.16. The SMILES string of the molecule is CCc1noc(CC)c1CNC(=NC)NCc1c(C)nn(Cc2ccccc2)c1C.I. The van der Waals surface area contributed by atoms with Gasteiger partial charge in [-0.3, -0.25) is 9.67 Å². The van der Waals surface area contributed by atoms with Crippen LogP contribution in [0, 0.1) is 13.8 Å². The summed E-state index contributed by atoms with van der Waals surface area (Å²) in [4.78, 5) is 4.36. The van der Waals surface area contributed by atoms with Crippen LogP contribution in [0.2, 0.25) is 0 Å². The van der Waals surface area contributed by atoms with Crippen LogP contribution in [0.3, 0.4) is 0 Å². The molecule has 0 amide bonds. The molecule has 0 saturated heterocycles. The van der Waals surface area contributed by atoms with E-state index in [4.69, 9.17) is 9.62 Å². The summed E-state index contributed by atoms with van der Waals surface area (Å²) in [5.74, 6) is 1.68. The lowest BCUT2D eigenvalue weighted by atomic mass is 10.1. The normalized spacial score (nSPS) is 11.3. The number of guanidine groups is 1. The zero-order valence-corrected chi connectivity index (χ0v) is 21.4. The highest BCUT2D eigenvalue weighted by molar-refractivity contribution is 14.0. The van der Waals surface area contributed by atoms with E-state index < -0.39 is 0 Å². The second-order valence-corrected chi connectivity index (χ2v) is 7.31.